The van der Waals surface area contributed by atoms with Crippen LogP contribution in [-0.4, -0.2) is 68.5 Å². The van der Waals surface area contributed by atoms with Gasteiger partial charge in [0.05, 0.1) is 39.9 Å². The van der Waals surface area contributed by atoms with Crippen LogP contribution in [0.3, 0.4) is 0 Å². The Kier molecular flexibility index (Phi) is 59.3. The Hall–Kier alpha value is -1.28. The van der Waals surface area contributed by atoms with Gasteiger partial charge in [0, 0.05) is 6.42 Å². The van der Waals surface area contributed by atoms with Crippen LogP contribution in [0, 0.1) is 0 Å². The van der Waals surface area contributed by atoms with Crippen molar-refractivity contribution in [1.29, 1.82) is 0 Å². The normalized spacial score (nSPS) is 13.9. The number of quaternary nitrogens is 1. The molecule has 0 aromatic heterocycles. The summed E-state index contributed by atoms with van der Waals surface area (Å²) in [6.07, 6.45) is 79.8. The Morgan fingerprint density at radius 1 is 0.436 bits per heavy atom. The van der Waals surface area contributed by atoms with E-state index >= 15 is 0 Å². The zero-order valence-corrected chi connectivity index (χ0v) is 53.8. The molecule has 9 heteroatoms. The van der Waals surface area contributed by atoms with E-state index in [4.69, 9.17) is 9.05 Å². The number of carbonyl (C=O) groups is 1. The van der Waals surface area contributed by atoms with Crippen molar-refractivity contribution in [2.45, 2.75) is 360 Å². The molecule has 8 nitrogen and oxygen atoms in total. The molecular formula is C69H135N2O6P. The molecule has 1 amide bonds. The van der Waals surface area contributed by atoms with E-state index in [2.05, 4.69) is 43.5 Å². The zero-order valence-electron chi connectivity index (χ0n) is 52.9. The summed E-state index contributed by atoms with van der Waals surface area (Å²) in [6.45, 7) is 4.68. The van der Waals surface area contributed by atoms with Gasteiger partial charge in [0.25, 0.3) is 7.82 Å². The number of phosphoric acid groups is 1. The van der Waals surface area contributed by atoms with Gasteiger partial charge in [-0.25, -0.2) is 0 Å². The topological polar surface area (TPSA) is 108 Å². The highest BCUT2D eigenvalue weighted by atomic mass is 31.2. The molecule has 0 aliphatic carbocycles. The lowest BCUT2D eigenvalue weighted by Gasteiger charge is -2.29. The first-order chi connectivity index (χ1) is 38.0. The van der Waals surface area contributed by atoms with Gasteiger partial charge in [-0.15, -0.1) is 0 Å². The minimum Gasteiger partial charge on any atom is -0.756 e. The molecule has 0 aliphatic heterocycles. The van der Waals surface area contributed by atoms with Gasteiger partial charge in [0.15, 0.2) is 0 Å². The molecule has 0 spiro atoms. The maximum Gasteiger partial charge on any atom is 0.268 e. The third kappa shape index (κ3) is 62.3. The number of hydrogen-bond acceptors (Lipinski definition) is 6. The molecule has 3 atom stereocenters. The quantitative estimate of drug-likeness (QED) is 0.0272. The first-order valence-electron chi connectivity index (χ1n) is 34.4. The molecule has 2 N–H and O–H groups in total. The number of unbranched alkanes of at least 4 members (excludes halogenated alkanes) is 47. The predicted octanol–water partition coefficient (Wildman–Crippen LogP) is 21.0. The van der Waals surface area contributed by atoms with Gasteiger partial charge < -0.3 is 28.8 Å². The molecule has 0 aromatic carbocycles. The summed E-state index contributed by atoms with van der Waals surface area (Å²) in [5.74, 6) is -0.201. The third-order valence-corrected chi connectivity index (χ3v) is 16.8. The number of aliphatic hydroxyl groups is 1. The summed E-state index contributed by atoms with van der Waals surface area (Å²) >= 11 is 0. The number of aliphatic hydroxyl groups excluding tert-OH is 1. The number of carbonyl (C=O) groups excluding carboxylic acids is 1. The molecule has 0 saturated heterocycles. The molecule has 0 heterocycles. The summed E-state index contributed by atoms with van der Waals surface area (Å²) in [6, 6.07) is -0.904. The molecule has 0 fully saturated rings. The number of nitrogens with one attached hydrogen (secondary N) is 1. The average molecular weight is 1120 g/mol. The molecule has 0 aliphatic rings. The van der Waals surface area contributed by atoms with Gasteiger partial charge in [0.2, 0.25) is 5.91 Å². The number of likely N-dealkylation sites (N-methyl/N-ethyl adjacent to an activating group) is 1. The van der Waals surface area contributed by atoms with Crippen molar-refractivity contribution in [1.82, 2.24) is 5.32 Å². The van der Waals surface area contributed by atoms with Crippen molar-refractivity contribution < 1.29 is 32.9 Å². The van der Waals surface area contributed by atoms with Crippen molar-refractivity contribution >= 4 is 13.7 Å². The number of nitrogens with zero attached hydrogens (tertiary/aromatic N) is 1. The second-order valence-corrected chi connectivity index (χ2v) is 26.3. The van der Waals surface area contributed by atoms with Crippen LogP contribution < -0.4 is 10.2 Å². The van der Waals surface area contributed by atoms with Crippen LogP contribution in [0.25, 0.3) is 0 Å². The van der Waals surface area contributed by atoms with Crippen LogP contribution in [0.1, 0.15) is 348 Å². The van der Waals surface area contributed by atoms with E-state index < -0.39 is 20.0 Å². The largest absolute Gasteiger partial charge is 0.756 e. The highest BCUT2D eigenvalue weighted by Crippen LogP contribution is 2.38. The van der Waals surface area contributed by atoms with Gasteiger partial charge in [-0.1, -0.05) is 320 Å². The molecule has 0 bridgehead atoms. The first-order valence-corrected chi connectivity index (χ1v) is 35.8. The van der Waals surface area contributed by atoms with E-state index in [1.54, 1.807) is 6.08 Å². The van der Waals surface area contributed by atoms with Crippen LogP contribution in [-0.2, 0) is 18.4 Å². The van der Waals surface area contributed by atoms with Gasteiger partial charge in [-0.05, 0) is 57.8 Å². The standard InChI is InChI=1S/C69H135N2O6P/c1-6-8-10-12-14-16-18-20-22-24-26-28-30-32-34-35-37-38-40-42-44-46-48-50-52-54-56-58-60-62-68(72)67(66-77-78(74,75)76-65-64-71(3,4)5)70-69(73)63-61-59-57-55-53-51-49-47-45-43-41-39-36-33-31-29-27-25-23-21-19-17-15-13-11-9-7-2/h25,27,52,54,60,62,67-68,72H,6-24,26,28-51,53,55-59,61,63-66H2,1-5H3,(H-,70,73,74,75)/b27-25-,54-52+,62-60+. The second kappa shape index (κ2) is 60.3. The maximum atomic E-state index is 13.0. The SMILES string of the molecule is CCCCCCCCCC/C=C\CCCCCCCCCCCCCCCCCC(=O)NC(COP(=O)([O-])OCC[N+](C)(C)C)C(O)/C=C/CC/C=C/CCCCCCCCCCCCCCCCCCCCCCCCC. The number of hydrogen-bond donors (Lipinski definition) is 2. The number of phosphoric ester groups is 1. The van der Waals surface area contributed by atoms with Crippen molar-refractivity contribution in [3.63, 3.8) is 0 Å². The Morgan fingerprint density at radius 2 is 0.718 bits per heavy atom. The summed E-state index contributed by atoms with van der Waals surface area (Å²) < 4.78 is 23.4. The monoisotopic (exact) mass is 1120 g/mol. The molecule has 0 aromatic rings. The lowest BCUT2D eigenvalue weighted by atomic mass is 10.0. The van der Waals surface area contributed by atoms with Crippen LogP contribution >= 0.6 is 7.82 Å². The summed E-state index contributed by atoms with van der Waals surface area (Å²) in [7, 11) is 1.26. The molecule has 462 valence electrons. The average Bonchev–Trinajstić information content (AvgIpc) is 3.41. The van der Waals surface area contributed by atoms with Crippen LogP contribution in [0.15, 0.2) is 36.5 Å². The lowest BCUT2D eigenvalue weighted by Crippen LogP contribution is -2.45. The molecule has 0 radical (unpaired) electrons. The summed E-state index contributed by atoms with van der Waals surface area (Å²) in [4.78, 5) is 25.6. The van der Waals surface area contributed by atoms with Gasteiger partial charge >= 0.3 is 0 Å². The van der Waals surface area contributed by atoms with E-state index in [1.165, 1.54) is 289 Å². The van der Waals surface area contributed by atoms with Crippen LogP contribution in [0.4, 0.5) is 0 Å². The molecule has 78 heavy (non-hydrogen) atoms. The summed E-state index contributed by atoms with van der Waals surface area (Å²) in [5, 5.41) is 13.9. The van der Waals surface area contributed by atoms with Crippen LogP contribution in [0.2, 0.25) is 0 Å². The number of rotatable bonds is 64. The second-order valence-electron chi connectivity index (χ2n) is 24.9. The smallest absolute Gasteiger partial charge is 0.268 e. The van der Waals surface area contributed by atoms with Gasteiger partial charge in [-0.3, -0.25) is 9.36 Å². The summed E-state index contributed by atoms with van der Waals surface area (Å²) in [5.41, 5.74) is 0. The molecule has 0 rings (SSSR count). The van der Waals surface area contributed by atoms with E-state index in [0.717, 1.165) is 38.5 Å². The number of amides is 1. The Balaban J connectivity index is 4.10. The van der Waals surface area contributed by atoms with Crippen molar-refractivity contribution in [2.75, 3.05) is 40.9 Å². The molecule has 0 saturated carbocycles. The highest BCUT2D eigenvalue weighted by Gasteiger charge is 2.23. The number of allylic oxidation sites excluding steroid dienone is 5. The van der Waals surface area contributed by atoms with Gasteiger partial charge in [0.1, 0.15) is 13.2 Å². The van der Waals surface area contributed by atoms with E-state index in [9.17, 15) is 19.4 Å². The van der Waals surface area contributed by atoms with E-state index in [-0.39, 0.29) is 19.1 Å². The lowest BCUT2D eigenvalue weighted by molar-refractivity contribution is -0.870. The fourth-order valence-corrected chi connectivity index (χ4v) is 11.2. The van der Waals surface area contributed by atoms with E-state index in [1.807, 2.05) is 27.2 Å². The third-order valence-electron chi connectivity index (χ3n) is 15.8. The predicted molar refractivity (Wildman–Crippen MR) is 339 cm³/mol. The van der Waals surface area contributed by atoms with E-state index in [0.29, 0.717) is 17.4 Å². The highest BCUT2D eigenvalue weighted by molar-refractivity contribution is 7.45. The zero-order chi connectivity index (χ0) is 57.0. The van der Waals surface area contributed by atoms with Crippen molar-refractivity contribution in [3.8, 4) is 0 Å². The van der Waals surface area contributed by atoms with Crippen LogP contribution in [0.5, 0.6) is 0 Å². The van der Waals surface area contributed by atoms with Crippen molar-refractivity contribution in [2.24, 2.45) is 0 Å². The Morgan fingerprint density at radius 3 is 1.04 bits per heavy atom. The molecular weight excluding hydrogens is 984 g/mol. The van der Waals surface area contributed by atoms with Gasteiger partial charge in [-0.2, -0.15) is 0 Å². The fraction of sp³-hybridized carbons (Fsp3) is 0.899. The van der Waals surface area contributed by atoms with Crippen molar-refractivity contribution in [3.05, 3.63) is 36.5 Å². The minimum atomic E-state index is -4.61. The Labute approximate surface area is 487 Å². The minimum absolute atomic E-state index is 0.00484. The first kappa shape index (κ1) is 76.7. The fourth-order valence-electron chi connectivity index (χ4n) is 10.5. The Bertz CT molecular complexity index is 1360. The maximum absolute atomic E-state index is 13.0. The molecule has 3 unspecified atom stereocenters.